The van der Waals surface area contributed by atoms with E-state index in [-0.39, 0.29) is 5.69 Å². The fourth-order valence-electron chi connectivity index (χ4n) is 1.81. The van der Waals surface area contributed by atoms with Gasteiger partial charge in [0.2, 0.25) is 0 Å². The van der Waals surface area contributed by atoms with Gasteiger partial charge in [-0.1, -0.05) is 29.8 Å². The Morgan fingerprint density at radius 1 is 1.33 bits per heavy atom. The molecule has 0 saturated heterocycles. The summed E-state index contributed by atoms with van der Waals surface area (Å²) in [5.74, 6) is 0.554. The normalized spacial score (nSPS) is 11.0. The van der Waals surface area contributed by atoms with E-state index in [1.807, 2.05) is 18.2 Å². The van der Waals surface area contributed by atoms with Crippen LogP contribution in [0.2, 0.25) is 5.02 Å². The lowest BCUT2D eigenvalue weighted by Gasteiger charge is -1.97. The van der Waals surface area contributed by atoms with Crippen molar-refractivity contribution in [1.82, 2.24) is 19.6 Å². The highest BCUT2D eigenvalue weighted by atomic mass is 35.5. The van der Waals surface area contributed by atoms with Crippen molar-refractivity contribution in [2.75, 3.05) is 0 Å². The van der Waals surface area contributed by atoms with E-state index in [0.717, 1.165) is 5.56 Å². The van der Waals surface area contributed by atoms with Crippen LogP contribution in [0.5, 0.6) is 0 Å². The topological polar surface area (TPSA) is 63.1 Å². The van der Waals surface area contributed by atoms with E-state index in [0.29, 0.717) is 22.2 Å². The van der Waals surface area contributed by atoms with E-state index in [1.54, 1.807) is 19.1 Å². The molecule has 6 heteroatoms. The van der Waals surface area contributed by atoms with Gasteiger partial charge in [-0.2, -0.15) is 9.61 Å². The number of nitrogens with one attached hydrogen (secondary N) is 1. The monoisotopic (exact) mass is 260 g/mol. The Labute approximate surface area is 107 Å². The molecule has 0 saturated carbocycles. The van der Waals surface area contributed by atoms with Crippen LogP contribution < -0.4 is 5.69 Å². The molecule has 0 unspecified atom stereocenters. The van der Waals surface area contributed by atoms with Crippen molar-refractivity contribution in [2.24, 2.45) is 0 Å². The second-order valence-electron chi connectivity index (χ2n) is 3.91. The maximum atomic E-state index is 11.7. The zero-order valence-electron chi connectivity index (χ0n) is 9.51. The zero-order chi connectivity index (χ0) is 12.7. The average Bonchev–Trinajstić information content (AvgIpc) is 2.73. The molecule has 0 spiro atoms. The van der Waals surface area contributed by atoms with Gasteiger partial charge in [0.15, 0.2) is 5.65 Å². The Kier molecular flexibility index (Phi) is 2.41. The maximum absolute atomic E-state index is 11.7. The van der Waals surface area contributed by atoms with E-state index in [2.05, 4.69) is 15.1 Å². The van der Waals surface area contributed by atoms with E-state index in [9.17, 15) is 4.79 Å². The van der Waals surface area contributed by atoms with Crippen LogP contribution in [0.1, 0.15) is 5.82 Å². The van der Waals surface area contributed by atoms with Gasteiger partial charge in [0.25, 0.3) is 0 Å². The summed E-state index contributed by atoms with van der Waals surface area (Å²) >= 11 is 6.10. The molecular formula is C12H9ClN4O. The summed E-state index contributed by atoms with van der Waals surface area (Å²) in [6.45, 7) is 1.73. The van der Waals surface area contributed by atoms with Crippen LogP contribution in [0.25, 0.3) is 16.9 Å². The molecular weight excluding hydrogens is 252 g/mol. The van der Waals surface area contributed by atoms with Crippen LogP contribution >= 0.6 is 11.6 Å². The molecule has 1 aromatic carbocycles. The second-order valence-corrected chi connectivity index (χ2v) is 4.31. The zero-order valence-corrected chi connectivity index (χ0v) is 10.3. The molecule has 0 aliphatic rings. The Bertz CT molecular complexity index is 790. The van der Waals surface area contributed by atoms with Gasteiger partial charge in [-0.05, 0) is 13.0 Å². The summed E-state index contributed by atoms with van der Waals surface area (Å²) in [6, 6.07) is 9.09. The van der Waals surface area contributed by atoms with Crippen molar-refractivity contribution in [3.8, 4) is 11.3 Å². The minimum atomic E-state index is -0.309. The predicted molar refractivity (Wildman–Crippen MR) is 68.8 cm³/mol. The maximum Gasteiger partial charge on any atom is 0.349 e. The van der Waals surface area contributed by atoms with E-state index in [1.165, 1.54) is 4.52 Å². The molecule has 0 aliphatic carbocycles. The van der Waals surface area contributed by atoms with Crippen LogP contribution in [-0.4, -0.2) is 19.6 Å². The van der Waals surface area contributed by atoms with Crippen molar-refractivity contribution >= 4 is 17.2 Å². The van der Waals surface area contributed by atoms with Gasteiger partial charge in [-0.15, -0.1) is 0 Å². The minimum Gasteiger partial charge on any atom is -0.294 e. The number of aromatic nitrogens is 4. The third-order valence-electron chi connectivity index (χ3n) is 2.60. The predicted octanol–water partition coefficient (Wildman–Crippen LogP) is 2.05. The first-order valence-electron chi connectivity index (χ1n) is 5.37. The summed E-state index contributed by atoms with van der Waals surface area (Å²) in [5, 5.41) is 4.80. The lowest BCUT2D eigenvalue weighted by molar-refractivity contribution is 0.822. The van der Waals surface area contributed by atoms with Crippen molar-refractivity contribution in [1.29, 1.82) is 0 Å². The summed E-state index contributed by atoms with van der Waals surface area (Å²) in [7, 11) is 0. The minimum absolute atomic E-state index is 0.309. The third kappa shape index (κ3) is 1.69. The molecule has 2 aromatic heterocycles. The van der Waals surface area contributed by atoms with Gasteiger partial charge in [-0.25, -0.2) is 9.78 Å². The van der Waals surface area contributed by atoms with E-state index >= 15 is 0 Å². The highest BCUT2D eigenvalue weighted by molar-refractivity contribution is 6.33. The number of benzene rings is 1. The van der Waals surface area contributed by atoms with Crippen LogP contribution in [0.4, 0.5) is 0 Å². The molecule has 5 nitrogen and oxygen atoms in total. The number of halogens is 1. The highest BCUT2D eigenvalue weighted by Crippen LogP contribution is 2.26. The number of fused-ring (bicyclic) bond motifs is 1. The number of H-pyrrole nitrogens is 1. The Morgan fingerprint density at radius 3 is 2.89 bits per heavy atom. The van der Waals surface area contributed by atoms with Crippen LogP contribution in [-0.2, 0) is 0 Å². The fourth-order valence-corrected chi connectivity index (χ4v) is 2.04. The molecule has 0 radical (unpaired) electrons. The molecule has 2 heterocycles. The molecule has 3 aromatic rings. The largest absolute Gasteiger partial charge is 0.349 e. The van der Waals surface area contributed by atoms with Crippen LogP contribution in [0.15, 0.2) is 35.1 Å². The van der Waals surface area contributed by atoms with Crippen molar-refractivity contribution in [3.63, 3.8) is 0 Å². The molecule has 1 N–H and O–H groups in total. The summed E-state index contributed by atoms with van der Waals surface area (Å²) in [6.07, 6.45) is 0. The molecule has 90 valence electrons. The van der Waals surface area contributed by atoms with Gasteiger partial charge >= 0.3 is 5.69 Å². The molecule has 3 rings (SSSR count). The lowest BCUT2D eigenvalue weighted by atomic mass is 10.1. The summed E-state index contributed by atoms with van der Waals surface area (Å²) in [4.78, 5) is 18.5. The molecule has 18 heavy (non-hydrogen) atoms. The van der Waals surface area contributed by atoms with Crippen molar-refractivity contribution in [2.45, 2.75) is 6.92 Å². The first-order chi connectivity index (χ1) is 8.65. The molecule has 0 amide bonds. The lowest BCUT2D eigenvalue weighted by Crippen LogP contribution is -2.19. The van der Waals surface area contributed by atoms with Crippen molar-refractivity contribution in [3.05, 3.63) is 51.7 Å². The number of aryl methyl sites for hydroxylation is 1. The second kappa shape index (κ2) is 3.96. The molecule has 0 fully saturated rings. The number of rotatable bonds is 1. The summed E-state index contributed by atoms with van der Waals surface area (Å²) in [5.41, 5.74) is 1.60. The Morgan fingerprint density at radius 2 is 2.11 bits per heavy atom. The summed E-state index contributed by atoms with van der Waals surface area (Å²) < 4.78 is 1.23. The first kappa shape index (κ1) is 11.0. The van der Waals surface area contributed by atoms with Gasteiger partial charge in [-0.3, -0.25) is 4.98 Å². The standard InChI is InChI=1S/C12H9ClN4O/c1-7-14-11-6-10(16-17(11)12(18)15-7)8-4-2-3-5-9(8)13/h2-6H,1H3,(H,14,15,18). The third-order valence-corrected chi connectivity index (χ3v) is 2.93. The number of hydrogen-bond acceptors (Lipinski definition) is 3. The number of nitrogens with zero attached hydrogens (tertiary/aromatic N) is 3. The number of hydrogen-bond donors (Lipinski definition) is 1. The van der Waals surface area contributed by atoms with E-state index in [4.69, 9.17) is 11.6 Å². The van der Waals surface area contributed by atoms with Crippen LogP contribution in [0.3, 0.4) is 0 Å². The number of aromatic amines is 1. The van der Waals surface area contributed by atoms with Gasteiger partial charge in [0, 0.05) is 11.6 Å². The van der Waals surface area contributed by atoms with Gasteiger partial charge in [0.1, 0.15) is 5.82 Å². The smallest absolute Gasteiger partial charge is 0.294 e. The van der Waals surface area contributed by atoms with Gasteiger partial charge in [0.05, 0.1) is 10.7 Å². The quantitative estimate of drug-likeness (QED) is 0.728. The van der Waals surface area contributed by atoms with Crippen molar-refractivity contribution < 1.29 is 0 Å². The highest BCUT2D eigenvalue weighted by Gasteiger charge is 2.10. The van der Waals surface area contributed by atoms with Gasteiger partial charge < -0.3 is 0 Å². The molecule has 0 aliphatic heterocycles. The fraction of sp³-hybridized carbons (Fsp3) is 0.0833. The average molecular weight is 261 g/mol. The van der Waals surface area contributed by atoms with E-state index < -0.39 is 0 Å². The molecule has 0 atom stereocenters. The van der Waals surface area contributed by atoms with Crippen LogP contribution in [0, 0.1) is 6.92 Å². The molecule has 0 bridgehead atoms. The Balaban J connectivity index is 2.30. The first-order valence-corrected chi connectivity index (χ1v) is 5.74. The Hall–Kier alpha value is -2.14. The SMILES string of the molecule is Cc1nc2cc(-c3ccccc3Cl)nn2c(=O)[nH]1.